The molecule has 0 radical (unpaired) electrons. The lowest BCUT2D eigenvalue weighted by Gasteiger charge is -2.10. The van der Waals surface area contributed by atoms with E-state index in [-0.39, 0.29) is 5.91 Å². The van der Waals surface area contributed by atoms with Crippen LogP contribution in [0.25, 0.3) is 11.3 Å². The zero-order valence-corrected chi connectivity index (χ0v) is 16.2. The van der Waals surface area contributed by atoms with Gasteiger partial charge in [-0.2, -0.15) is 0 Å². The second kappa shape index (κ2) is 9.19. The molecular weight excluding hydrogens is 360 g/mol. The molecule has 3 rings (SSSR count). The number of methoxy groups -OCH3 is 1. The fourth-order valence-electron chi connectivity index (χ4n) is 2.60. The number of rotatable bonds is 8. The van der Waals surface area contributed by atoms with E-state index in [0.717, 1.165) is 22.0 Å². The number of ether oxygens (including phenoxy) is 2. The number of anilines is 1. The third-order valence-corrected chi connectivity index (χ3v) is 4.87. The Kier molecular flexibility index (Phi) is 6.44. The van der Waals surface area contributed by atoms with E-state index in [1.807, 2.05) is 60.8 Å². The molecular formula is C21H22N2O3S. The maximum atomic E-state index is 12.3. The molecule has 0 spiro atoms. The minimum absolute atomic E-state index is 0.0525. The molecule has 0 aliphatic rings. The number of benzene rings is 2. The van der Waals surface area contributed by atoms with Crippen LogP contribution in [0, 0.1) is 0 Å². The van der Waals surface area contributed by atoms with Gasteiger partial charge in [0.25, 0.3) is 0 Å². The highest BCUT2D eigenvalue weighted by molar-refractivity contribution is 7.09. The zero-order chi connectivity index (χ0) is 19.1. The maximum Gasteiger partial charge on any atom is 0.224 e. The summed E-state index contributed by atoms with van der Waals surface area (Å²) >= 11 is 1.57. The average Bonchev–Trinajstić information content (AvgIpc) is 3.17. The second-order valence-corrected chi connectivity index (χ2v) is 6.77. The summed E-state index contributed by atoms with van der Waals surface area (Å²) in [6.07, 6.45) is 0.972. The number of para-hydroxylation sites is 2. The van der Waals surface area contributed by atoms with Crippen LogP contribution in [0.1, 0.15) is 18.4 Å². The summed E-state index contributed by atoms with van der Waals surface area (Å²) in [5.74, 6) is 1.45. The van der Waals surface area contributed by atoms with Crippen LogP contribution in [-0.2, 0) is 11.2 Å². The molecule has 1 heterocycles. The quantitative estimate of drug-likeness (QED) is 0.609. The number of aromatic nitrogens is 1. The normalized spacial score (nSPS) is 10.4. The SMILES string of the molecule is CCOc1ccccc1NC(=O)CCc1nc(-c2ccc(OC)cc2)cs1. The smallest absolute Gasteiger partial charge is 0.224 e. The van der Waals surface area contributed by atoms with Crippen molar-refractivity contribution in [2.75, 3.05) is 19.0 Å². The number of carbonyl (C=O) groups excluding carboxylic acids is 1. The molecule has 0 aliphatic carbocycles. The van der Waals surface area contributed by atoms with Crippen LogP contribution < -0.4 is 14.8 Å². The van der Waals surface area contributed by atoms with Crippen LogP contribution >= 0.6 is 11.3 Å². The van der Waals surface area contributed by atoms with Gasteiger partial charge in [0.15, 0.2) is 0 Å². The molecule has 0 fully saturated rings. The van der Waals surface area contributed by atoms with Crippen molar-refractivity contribution in [3.8, 4) is 22.8 Å². The largest absolute Gasteiger partial charge is 0.497 e. The van der Waals surface area contributed by atoms with E-state index in [1.165, 1.54) is 0 Å². The summed E-state index contributed by atoms with van der Waals surface area (Å²) in [4.78, 5) is 16.9. The Labute approximate surface area is 163 Å². The van der Waals surface area contributed by atoms with Crippen LogP contribution in [-0.4, -0.2) is 24.6 Å². The third kappa shape index (κ3) is 5.08. The molecule has 1 aromatic heterocycles. The van der Waals surface area contributed by atoms with E-state index in [9.17, 15) is 4.79 Å². The first-order chi connectivity index (χ1) is 13.2. The molecule has 0 aliphatic heterocycles. The number of hydrogen-bond acceptors (Lipinski definition) is 5. The highest BCUT2D eigenvalue weighted by atomic mass is 32.1. The summed E-state index contributed by atoms with van der Waals surface area (Å²) < 4.78 is 10.7. The van der Waals surface area contributed by atoms with Gasteiger partial charge < -0.3 is 14.8 Å². The summed E-state index contributed by atoms with van der Waals surface area (Å²) in [6, 6.07) is 15.2. The molecule has 0 atom stereocenters. The van der Waals surface area contributed by atoms with E-state index < -0.39 is 0 Å². The Bertz CT molecular complexity index is 890. The Balaban J connectivity index is 1.57. The maximum absolute atomic E-state index is 12.3. The average molecular weight is 382 g/mol. The molecule has 0 unspecified atom stereocenters. The first-order valence-electron chi connectivity index (χ1n) is 8.80. The monoisotopic (exact) mass is 382 g/mol. The predicted octanol–water partition coefficient (Wildman–Crippen LogP) is 4.79. The standard InChI is InChI=1S/C21H22N2O3S/c1-3-26-19-7-5-4-6-17(19)22-20(24)12-13-21-23-18(14-27-21)15-8-10-16(25-2)11-9-15/h4-11,14H,3,12-13H2,1-2H3,(H,22,24). The number of nitrogens with zero attached hydrogens (tertiary/aromatic N) is 1. The molecule has 140 valence electrons. The van der Waals surface area contributed by atoms with Crippen LogP contribution in [0.4, 0.5) is 5.69 Å². The highest BCUT2D eigenvalue weighted by Gasteiger charge is 2.10. The molecule has 6 heteroatoms. The Morgan fingerprint density at radius 3 is 2.67 bits per heavy atom. The van der Waals surface area contributed by atoms with Crippen molar-refractivity contribution < 1.29 is 14.3 Å². The summed E-state index contributed by atoms with van der Waals surface area (Å²) in [5.41, 5.74) is 2.65. The van der Waals surface area contributed by atoms with Gasteiger partial charge >= 0.3 is 0 Å². The van der Waals surface area contributed by atoms with Gasteiger partial charge in [0.05, 0.1) is 30.1 Å². The van der Waals surface area contributed by atoms with Crippen molar-refractivity contribution in [2.45, 2.75) is 19.8 Å². The van der Waals surface area contributed by atoms with Crippen LogP contribution in [0.3, 0.4) is 0 Å². The number of carbonyl (C=O) groups is 1. The fourth-order valence-corrected chi connectivity index (χ4v) is 3.41. The summed E-state index contributed by atoms with van der Waals surface area (Å²) in [7, 11) is 1.65. The molecule has 0 bridgehead atoms. The van der Waals surface area contributed by atoms with E-state index in [4.69, 9.17) is 9.47 Å². The van der Waals surface area contributed by atoms with Gasteiger partial charge in [0, 0.05) is 23.8 Å². The second-order valence-electron chi connectivity index (χ2n) is 5.83. The van der Waals surface area contributed by atoms with Crippen molar-refractivity contribution >= 4 is 22.9 Å². The molecule has 1 amide bonds. The molecule has 5 nitrogen and oxygen atoms in total. The van der Waals surface area contributed by atoms with E-state index in [1.54, 1.807) is 18.4 Å². The van der Waals surface area contributed by atoms with E-state index >= 15 is 0 Å². The fraction of sp³-hybridized carbons (Fsp3) is 0.238. The summed E-state index contributed by atoms with van der Waals surface area (Å²) in [5, 5.41) is 5.87. The minimum Gasteiger partial charge on any atom is -0.497 e. The van der Waals surface area contributed by atoms with Gasteiger partial charge in [-0.25, -0.2) is 4.98 Å². The number of thiazole rings is 1. The number of aryl methyl sites for hydroxylation is 1. The van der Waals surface area contributed by atoms with Gasteiger partial charge in [-0.05, 0) is 43.3 Å². The van der Waals surface area contributed by atoms with E-state index in [0.29, 0.717) is 30.9 Å². The lowest BCUT2D eigenvalue weighted by molar-refractivity contribution is -0.116. The van der Waals surface area contributed by atoms with Gasteiger partial charge in [0.1, 0.15) is 11.5 Å². The highest BCUT2D eigenvalue weighted by Crippen LogP contribution is 2.26. The number of hydrogen-bond donors (Lipinski definition) is 1. The molecule has 2 aromatic carbocycles. The van der Waals surface area contributed by atoms with Crippen LogP contribution in [0.15, 0.2) is 53.9 Å². The lowest BCUT2D eigenvalue weighted by atomic mass is 10.2. The van der Waals surface area contributed by atoms with E-state index in [2.05, 4.69) is 10.3 Å². The van der Waals surface area contributed by atoms with Gasteiger partial charge in [-0.15, -0.1) is 11.3 Å². The van der Waals surface area contributed by atoms with Crippen molar-refractivity contribution in [3.05, 3.63) is 58.9 Å². The van der Waals surface area contributed by atoms with Crippen molar-refractivity contribution in [1.82, 2.24) is 4.98 Å². The predicted molar refractivity (Wildman–Crippen MR) is 109 cm³/mol. The molecule has 0 saturated carbocycles. The van der Waals surface area contributed by atoms with Gasteiger partial charge in [-0.1, -0.05) is 12.1 Å². The zero-order valence-electron chi connectivity index (χ0n) is 15.4. The Morgan fingerprint density at radius 1 is 1.15 bits per heavy atom. The van der Waals surface area contributed by atoms with Gasteiger partial charge in [-0.3, -0.25) is 4.79 Å². The Morgan fingerprint density at radius 2 is 1.93 bits per heavy atom. The first-order valence-corrected chi connectivity index (χ1v) is 9.68. The lowest BCUT2D eigenvalue weighted by Crippen LogP contribution is -2.13. The topological polar surface area (TPSA) is 60.5 Å². The molecule has 3 aromatic rings. The minimum atomic E-state index is -0.0525. The van der Waals surface area contributed by atoms with Crippen molar-refractivity contribution in [2.24, 2.45) is 0 Å². The number of amides is 1. The van der Waals surface area contributed by atoms with Crippen molar-refractivity contribution in [3.63, 3.8) is 0 Å². The number of nitrogens with one attached hydrogen (secondary N) is 1. The summed E-state index contributed by atoms with van der Waals surface area (Å²) in [6.45, 7) is 2.47. The third-order valence-electron chi connectivity index (χ3n) is 3.96. The van der Waals surface area contributed by atoms with Gasteiger partial charge in [0.2, 0.25) is 5.91 Å². The molecule has 1 N–H and O–H groups in total. The molecule has 0 saturated heterocycles. The van der Waals surface area contributed by atoms with Crippen LogP contribution in [0.5, 0.6) is 11.5 Å². The molecule has 27 heavy (non-hydrogen) atoms. The first kappa shape index (κ1) is 18.9. The Hall–Kier alpha value is -2.86. The van der Waals surface area contributed by atoms with Crippen LogP contribution in [0.2, 0.25) is 0 Å². The van der Waals surface area contributed by atoms with Crippen molar-refractivity contribution in [1.29, 1.82) is 0 Å².